The maximum Gasteiger partial charge on any atom is 0.122 e. The first-order valence-corrected chi connectivity index (χ1v) is 6.66. The lowest BCUT2D eigenvalue weighted by Crippen LogP contribution is -2.19. The molecule has 1 unspecified atom stereocenters. The van der Waals surface area contributed by atoms with E-state index >= 15 is 0 Å². The minimum Gasteiger partial charge on any atom is -0.496 e. The highest BCUT2D eigenvalue weighted by atomic mass is 16.5. The summed E-state index contributed by atoms with van der Waals surface area (Å²) in [5.41, 5.74) is 2.62. The number of para-hydroxylation sites is 1. The molecule has 0 amide bonds. The minimum absolute atomic E-state index is 0.461. The van der Waals surface area contributed by atoms with Crippen LogP contribution in [-0.2, 0) is 6.42 Å². The predicted molar refractivity (Wildman–Crippen MR) is 79.8 cm³/mol. The van der Waals surface area contributed by atoms with Gasteiger partial charge < -0.3 is 10.1 Å². The Morgan fingerprint density at radius 3 is 2.37 bits per heavy atom. The van der Waals surface area contributed by atoms with Gasteiger partial charge in [-0.05, 0) is 30.7 Å². The van der Waals surface area contributed by atoms with Crippen molar-refractivity contribution in [3.05, 3.63) is 65.7 Å². The van der Waals surface area contributed by atoms with Crippen LogP contribution >= 0.6 is 0 Å². The molecule has 0 aliphatic rings. The zero-order valence-electron chi connectivity index (χ0n) is 11.6. The largest absolute Gasteiger partial charge is 0.496 e. The average Bonchev–Trinajstić information content (AvgIpc) is 2.48. The Hall–Kier alpha value is -1.80. The van der Waals surface area contributed by atoms with Crippen LogP contribution in [-0.4, -0.2) is 20.7 Å². The standard InChI is InChI=1S/C17H21NO/c1-18-13-16(14-8-4-3-5-9-14)12-15-10-6-7-11-17(15)19-2/h3-11,16,18H,12-13H2,1-2H3. The SMILES string of the molecule is CNCC(Cc1ccccc1OC)c1ccccc1. The van der Waals surface area contributed by atoms with E-state index in [0.717, 1.165) is 18.7 Å². The van der Waals surface area contributed by atoms with Gasteiger partial charge in [-0.3, -0.25) is 0 Å². The molecular weight excluding hydrogens is 234 g/mol. The van der Waals surface area contributed by atoms with Crippen LogP contribution in [0.2, 0.25) is 0 Å². The van der Waals surface area contributed by atoms with Crippen LogP contribution in [0, 0.1) is 0 Å². The predicted octanol–water partition coefficient (Wildman–Crippen LogP) is 3.24. The van der Waals surface area contributed by atoms with Gasteiger partial charge in [0.25, 0.3) is 0 Å². The number of likely N-dealkylation sites (N-methyl/N-ethyl adjacent to an activating group) is 1. The van der Waals surface area contributed by atoms with Crippen LogP contribution in [0.5, 0.6) is 5.75 Å². The van der Waals surface area contributed by atoms with E-state index in [0.29, 0.717) is 5.92 Å². The number of ether oxygens (including phenoxy) is 1. The Labute approximate surface area is 115 Å². The molecule has 1 N–H and O–H groups in total. The molecule has 0 aromatic heterocycles. The third-order valence-electron chi connectivity index (χ3n) is 3.38. The van der Waals surface area contributed by atoms with Gasteiger partial charge in [0.05, 0.1) is 7.11 Å². The summed E-state index contributed by atoms with van der Waals surface area (Å²) in [4.78, 5) is 0. The average molecular weight is 255 g/mol. The molecule has 0 saturated heterocycles. The van der Waals surface area contributed by atoms with Crippen molar-refractivity contribution in [2.24, 2.45) is 0 Å². The van der Waals surface area contributed by atoms with Gasteiger partial charge in [0.1, 0.15) is 5.75 Å². The molecular formula is C17H21NO. The van der Waals surface area contributed by atoms with Gasteiger partial charge in [-0.15, -0.1) is 0 Å². The van der Waals surface area contributed by atoms with Gasteiger partial charge in [-0.2, -0.15) is 0 Å². The second-order valence-corrected chi connectivity index (χ2v) is 4.68. The Bertz CT molecular complexity index is 496. The second-order valence-electron chi connectivity index (χ2n) is 4.68. The van der Waals surface area contributed by atoms with Crippen molar-refractivity contribution in [2.45, 2.75) is 12.3 Å². The van der Waals surface area contributed by atoms with E-state index in [1.165, 1.54) is 11.1 Å². The zero-order chi connectivity index (χ0) is 13.5. The van der Waals surface area contributed by atoms with E-state index in [1.54, 1.807) is 7.11 Å². The smallest absolute Gasteiger partial charge is 0.122 e. The Balaban J connectivity index is 2.21. The quantitative estimate of drug-likeness (QED) is 0.855. The van der Waals surface area contributed by atoms with Crippen molar-refractivity contribution in [2.75, 3.05) is 20.7 Å². The van der Waals surface area contributed by atoms with E-state index < -0.39 is 0 Å². The lowest BCUT2D eigenvalue weighted by molar-refractivity contribution is 0.407. The molecule has 1 atom stereocenters. The van der Waals surface area contributed by atoms with Crippen molar-refractivity contribution < 1.29 is 4.74 Å². The van der Waals surface area contributed by atoms with Crippen LogP contribution in [0.25, 0.3) is 0 Å². The van der Waals surface area contributed by atoms with Gasteiger partial charge >= 0.3 is 0 Å². The molecule has 2 aromatic carbocycles. The van der Waals surface area contributed by atoms with Crippen LogP contribution < -0.4 is 10.1 Å². The van der Waals surface area contributed by atoms with Gasteiger partial charge in [0.2, 0.25) is 0 Å². The monoisotopic (exact) mass is 255 g/mol. The second kappa shape index (κ2) is 6.95. The molecule has 0 aliphatic heterocycles. The summed E-state index contributed by atoms with van der Waals surface area (Å²) >= 11 is 0. The van der Waals surface area contributed by atoms with E-state index in [9.17, 15) is 0 Å². The summed E-state index contributed by atoms with van der Waals surface area (Å²) in [6.07, 6.45) is 0.981. The fraction of sp³-hybridized carbons (Fsp3) is 0.294. The van der Waals surface area contributed by atoms with Gasteiger partial charge in [0.15, 0.2) is 0 Å². The number of rotatable bonds is 6. The van der Waals surface area contributed by atoms with Crippen molar-refractivity contribution in [3.63, 3.8) is 0 Å². The van der Waals surface area contributed by atoms with E-state index in [1.807, 2.05) is 19.2 Å². The maximum atomic E-state index is 5.44. The Morgan fingerprint density at radius 2 is 1.68 bits per heavy atom. The van der Waals surface area contributed by atoms with Crippen molar-refractivity contribution in [1.82, 2.24) is 5.32 Å². The molecule has 2 nitrogen and oxygen atoms in total. The molecule has 100 valence electrons. The van der Waals surface area contributed by atoms with Crippen LogP contribution in [0.1, 0.15) is 17.0 Å². The normalized spacial score (nSPS) is 12.1. The van der Waals surface area contributed by atoms with Gasteiger partial charge in [-0.25, -0.2) is 0 Å². The first-order valence-electron chi connectivity index (χ1n) is 6.66. The molecule has 0 bridgehead atoms. The highest BCUT2D eigenvalue weighted by molar-refractivity contribution is 5.35. The van der Waals surface area contributed by atoms with Gasteiger partial charge in [0, 0.05) is 12.5 Å². The molecule has 0 radical (unpaired) electrons. The minimum atomic E-state index is 0.461. The third kappa shape index (κ3) is 3.58. The lowest BCUT2D eigenvalue weighted by atomic mass is 9.91. The molecule has 2 heteroatoms. The summed E-state index contributed by atoms with van der Waals surface area (Å²) < 4.78 is 5.44. The highest BCUT2D eigenvalue weighted by Gasteiger charge is 2.13. The first-order chi connectivity index (χ1) is 9.35. The van der Waals surface area contributed by atoms with Gasteiger partial charge in [-0.1, -0.05) is 48.5 Å². The summed E-state index contributed by atoms with van der Waals surface area (Å²) in [5, 5.41) is 3.28. The van der Waals surface area contributed by atoms with Crippen LogP contribution in [0.4, 0.5) is 0 Å². The third-order valence-corrected chi connectivity index (χ3v) is 3.38. The summed E-state index contributed by atoms with van der Waals surface area (Å²) in [6.45, 7) is 0.960. The Kier molecular flexibility index (Phi) is 4.99. The van der Waals surface area contributed by atoms with Crippen LogP contribution in [0.15, 0.2) is 54.6 Å². The summed E-state index contributed by atoms with van der Waals surface area (Å²) in [7, 11) is 3.73. The number of hydrogen-bond donors (Lipinski definition) is 1. The zero-order valence-corrected chi connectivity index (χ0v) is 11.6. The lowest BCUT2D eigenvalue weighted by Gasteiger charge is -2.18. The molecule has 2 aromatic rings. The number of nitrogens with one attached hydrogen (secondary N) is 1. The van der Waals surface area contributed by atoms with E-state index in [2.05, 4.69) is 47.8 Å². The van der Waals surface area contributed by atoms with Crippen LogP contribution in [0.3, 0.4) is 0 Å². The molecule has 0 heterocycles. The summed E-state index contributed by atoms with van der Waals surface area (Å²) in [5.74, 6) is 1.43. The van der Waals surface area contributed by atoms with E-state index in [-0.39, 0.29) is 0 Å². The van der Waals surface area contributed by atoms with Crippen molar-refractivity contribution in [1.29, 1.82) is 0 Å². The van der Waals surface area contributed by atoms with E-state index in [4.69, 9.17) is 4.74 Å². The van der Waals surface area contributed by atoms with Crippen molar-refractivity contribution in [3.8, 4) is 5.75 Å². The summed E-state index contributed by atoms with van der Waals surface area (Å²) in [6, 6.07) is 18.9. The molecule has 0 spiro atoms. The molecule has 0 saturated carbocycles. The maximum absolute atomic E-state index is 5.44. The first kappa shape index (κ1) is 13.6. The molecule has 19 heavy (non-hydrogen) atoms. The molecule has 2 rings (SSSR count). The molecule has 0 fully saturated rings. The molecule has 0 aliphatic carbocycles. The number of methoxy groups -OCH3 is 1. The highest BCUT2D eigenvalue weighted by Crippen LogP contribution is 2.26. The topological polar surface area (TPSA) is 21.3 Å². The fourth-order valence-electron chi connectivity index (χ4n) is 2.42. The fourth-order valence-corrected chi connectivity index (χ4v) is 2.42. The Morgan fingerprint density at radius 1 is 1.00 bits per heavy atom. The number of benzene rings is 2. The number of hydrogen-bond acceptors (Lipinski definition) is 2. The van der Waals surface area contributed by atoms with Crippen molar-refractivity contribution >= 4 is 0 Å².